The molecule has 0 saturated heterocycles. The highest BCUT2D eigenvalue weighted by Gasteiger charge is 2.16. The lowest BCUT2D eigenvalue weighted by molar-refractivity contribution is 0.318. The van der Waals surface area contributed by atoms with E-state index < -0.39 is 11.2 Å². The van der Waals surface area contributed by atoms with Gasteiger partial charge in [0, 0.05) is 5.56 Å². The lowest BCUT2D eigenvalue weighted by Gasteiger charge is -2.09. The zero-order valence-corrected chi connectivity index (χ0v) is 12.8. The third kappa shape index (κ3) is 2.61. The van der Waals surface area contributed by atoms with Crippen molar-refractivity contribution in [2.75, 3.05) is 6.61 Å². The third-order valence-corrected chi connectivity index (χ3v) is 3.54. The number of hydrogen-bond donors (Lipinski definition) is 2. The fraction of sp³-hybridized carbons (Fsp3) is 0.167. The Morgan fingerprint density at radius 3 is 2.61 bits per heavy atom. The van der Waals surface area contributed by atoms with Gasteiger partial charge < -0.3 is 19.4 Å². The van der Waals surface area contributed by atoms with Crippen molar-refractivity contribution in [2.45, 2.75) is 13.8 Å². The molecule has 0 atom stereocenters. The number of fused-ring (bicyclic) bond motifs is 1. The standard InChI is InChI=1S/C18H16O5/c1-3-22-15-7-5-11(9-13(15)19)18-17(21)16(20)12-8-10(2)4-6-14(12)23-18/h4-9,19,21H,3H2,1-2H3. The van der Waals surface area contributed by atoms with Crippen LogP contribution < -0.4 is 10.2 Å². The molecule has 5 heteroatoms. The van der Waals surface area contributed by atoms with Gasteiger partial charge >= 0.3 is 0 Å². The summed E-state index contributed by atoms with van der Waals surface area (Å²) in [4.78, 5) is 12.3. The number of phenols is 1. The maximum atomic E-state index is 12.3. The molecule has 3 aromatic rings. The minimum Gasteiger partial charge on any atom is -0.504 e. The van der Waals surface area contributed by atoms with Crippen LogP contribution in [0.4, 0.5) is 0 Å². The van der Waals surface area contributed by atoms with Gasteiger partial charge in [-0.25, -0.2) is 0 Å². The van der Waals surface area contributed by atoms with Crippen LogP contribution in [0.25, 0.3) is 22.3 Å². The Bertz CT molecular complexity index is 940. The minimum atomic E-state index is -0.502. The summed E-state index contributed by atoms with van der Waals surface area (Å²) in [6, 6.07) is 9.74. The van der Waals surface area contributed by atoms with Crippen LogP contribution in [0, 0.1) is 6.92 Å². The van der Waals surface area contributed by atoms with Crippen molar-refractivity contribution in [3.8, 4) is 28.6 Å². The van der Waals surface area contributed by atoms with Crippen LogP contribution in [0.3, 0.4) is 0 Å². The van der Waals surface area contributed by atoms with E-state index >= 15 is 0 Å². The largest absolute Gasteiger partial charge is 0.504 e. The molecule has 2 aromatic carbocycles. The first-order chi connectivity index (χ1) is 11.0. The average Bonchev–Trinajstić information content (AvgIpc) is 2.53. The van der Waals surface area contributed by atoms with E-state index in [-0.39, 0.29) is 11.5 Å². The predicted molar refractivity (Wildman–Crippen MR) is 87.2 cm³/mol. The second-order valence-corrected chi connectivity index (χ2v) is 5.22. The van der Waals surface area contributed by atoms with Gasteiger partial charge in [0.05, 0.1) is 12.0 Å². The Labute approximate surface area is 132 Å². The molecule has 2 N–H and O–H groups in total. The summed E-state index contributed by atoms with van der Waals surface area (Å²) in [5.74, 6) is -0.221. The van der Waals surface area contributed by atoms with Gasteiger partial charge in [-0.15, -0.1) is 0 Å². The van der Waals surface area contributed by atoms with E-state index in [4.69, 9.17) is 9.15 Å². The SMILES string of the molecule is CCOc1ccc(-c2oc3ccc(C)cc3c(=O)c2O)cc1O. The Hall–Kier alpha value is -2.95. The molecule has 1 heterocycles. The van der Waals surface area contributed by atoms with Gasteiger partial charge in [0.2, 0.25) is 11.2 Å². The first-order valence-corrected chi connectivity index (χ1v) is 7.24. The van der Waals surface area contributed by atoms with Gasteiger partial charge in [-0.3, -0.25) is 4.79 Å². The molecule has 1 aromatic heterocycles. The molecule has 0 unspecified atom stereocenters. The Balaban J connectivity index is 2.20. The van der Waals surface area contributed by atoms with E-state index in [1.54, 1.807) is 24.3 Å². The normalized spacial score (nSPS) is 10.9. The van der Waals surface area contributed by atoms with Gasteiger partial charge in [-0.1, -0.05) is 11.6 Å². The van der Waals surface area contributed by atoms with Gasteiger partial charge in [0.1, 0.15) is 5.58 Å². The van der Waals surface area contributed by atoms with Crippen molar-refractivity contribution >= 4 is 11.0 Å². The van der Waals surface area contributed by atoms with Crippen LogP contribution in [-0.4, -0.2) is 16.8 Å². The molecule has 0 aliphatic heterocycles. The van der Waals surface area contributed by atoms with E-state index in [0.29, 0.717) is 28.9 Å². The average molecular weight is 312 g/mol. The number of aryl methyl sites for hydroxylation is 1. The van der Waals surface area contributed by atoms with Crippen molar-refractivity contribution < 1.29 is 19.4 Å². The van der Waals surface area contributed by atoms with Crippen molar-refractivity contribution in [2.24, 2.45) is 0 Å². The molecule has 0 spiro atoms. The van der Waals surface area contributed by atoms with Gasteiger partial charge in [-0.05, 0) is 44.2 Å². The maximum Gasteiger partial charge on any atom is 0.235 e. The predicted octanol–water partition coefficient (Wildman–Crippen LogP) is 3.58. The van der Waals surface area contributed by atoms with E-state index in [2.05, 4.69) is 0 Å². The first kappa shape index (κ1) is 15.0. The highest BCUT2D eigenvalue weighted by atomic mass is 16.5. The topological polar surface area (TPSA) is 79.9 Å². The second-order valence-electron chi connectivity index (χ2n) is 5.22. The summed E-state index contributed by atoms with van der Waals surface area (Å²) in [5, 5.41) is 20.5. The fourth-order valence-corrected chi connectivity index (χ4v) is 2.43. The third-order valence-electron chi connectivity index (χ3n) is 3.54. The highest BCUT2D eigenvalue weighted by molar-refractivity contribution is 5.82. The van der Waals surface area contributed by atoms with Crippen LogP contribution in [0.5, 0.6) is 17.2 Å². The molecule has 0 amide bonds. The van der Waals surface area contributed by atoms with Crippen LogP contribution in [0.1, 0.15) is 12.5 Å². The summed E-state index contributed by atoms with van der Waals surface area (Å²) in [6.45, 7) is 4.08. The van der Waals surface area contributed by atoms with Crippen molar-refractivity contribution in [3.05, 3.63) is 52.2 Å². The van der Waals surface area contributed by atoms with Crippen LogP contribution in [-0.2, 0) is 0 Å². The lowest BCUT2D eigenvalue weighted by Crippen LogP contribution is -2.03. The first-order valence-electron chi connectivity index (χ1n) is 7.24. The number of aromatic hydroxyl groups is 2. The van der Waals surface area contributed by atoms with E-state index in [9.17, 15) is 15.0 Å². The number of hydrogen-bond acceptors (Lipinski definition) is 5. The summed E-state index contributed by atoms with van der Waals surface area (Å²) in [5.41, 5.74) is 1.17. The monoisotopic (exact) mass is 312 g/mol. The molecule has 118 valence electrons. The molecular formula is C18H16O5. The van der Waals surface area contributed by atoms with Crippen molar-refractivity contribution in [3.63, 3.8) is 0 Å². The number of rotatable bonds is 3. The Morgan fingerprint density at radius 2 is 1.91 bits per heavy atom. The quantitative estimate of drug-likeness (QED) is 0.772. The van der Waals surface area contributed by atoms with Gasteiger partial charge in [0.15, 0.2) is 17.3 Å². The highest BCUT2D eigenvalue weighted by Crippen LogP contribution is 2.35. The molecule has 0 saturated carbocycles. The summed E-state index contributed by atoms with van der Waals surface area (Å²) in [7, 11) is 0. The van der Waals surface area contributed by atoms with Crippen LogP contribution in [0.15, 0.2) is 45.6 Å². The lowest BCUT2D eigenvalue weighted by atomic mass is 10.1. The molecule has 5 nitrogen and oxygen atoms in total. The van der Waals surface area contributed by atoms with E-state index in [0.717, 1.165) is 5.56 Å². The van der Waals surface area contributed by atoms with Gasteiger partial charge in [0.25, 0.3) is 0 Å². The Kier molecular flexibility index (Phi) is 3.70. The van der Waals surface area contributed by atoms with Gasteiger partial charge in [-0.2, -0.15) is 0 Å². The Morgan fingerprint density at radius 1 is 1.13 bits per heavy atom. The zero-order valence-electron chi connectivity index (χ0n) is 12.8. The summed E-state index contributed by atoms with van der Waals surface area (Å²) >= 11 is 0. The van der Waals surface area contributed by atoms with Crippen molar-refractivity contribution in [1.29, 1.82) is 0 Å². The molecule has 0 aliphatic rings. The van der Waals surface area contributed by atoms with Crippen LogP contribution in [0.2, 0.25) is 0 Å². The molecule has 0 fully saturated rings. The maximum absolute atomic E-state index is 12.3. The fourth-order valence-electron chi connectivity index (χ4n) is 2.43. The summed E-state index contributed by atoms with van der Waals surface area (Å²) < 4.78 is 10.9. The molecule has 0 radical (unpaired) electrons. The number of phenolic OH excluding ortho intramolecular Hbond substituents is 1. The number of benzene rings is 2. The van der Waals surface area contributed by atoms with E-state index in [1.807, 2.05) is 19.9 Å². The molecule has 23 heavy (non-hydrogen) atoms. The van der Waals surface area contributed by atoms with Crippen LogP contribution >= 0.6 is 0 Å². The summed E-state index contributed by atoms with van der Waals surface area (Å²) in [6.07, 6.45) is 0. The smallest absolute Gasteiger partial charge is 0.235 e. The van der Waals surface area contributed by atoms with E-state index in [1.165, 1.54) is 6.07 Å². The molecule has 3 rings (SSSR count). The molecule has 0 aliphatic carbocycles. The van der Waals surface area contributed by atoms with Crippen molar-refractivity contribution in [1.82, 2.24) is 0 Å². The number of ether oxygens (including phenoxy) is 1. The second kappa shape index (κ2) is 5.68. The molecule has 0 bridgehead atoms. The molecular weight excluding hydrogens is 296 g/mol. The minimum absolute atomic E-state index is 0.0182. The zero-order chi connectivity index (χ0) is 16.6.